The Balaban J connectivity index is 2.89. The highest BCUT2D eigenvalue weighted by Crippen LogP contribution is 2.14. The Bertz CT molecular complexity index is 404. The van der Waals surface area contributed by atoms with Gasteiger partial charge in [0.1, 0.15) is 0 Å². The second-order valence-corrected chi connectivity index (χ2v) is 3.41. The highest BCUT2D eigenvalue weighted by molar-refractivity contribution is 6.04. The van der Waals surface area contributed by atoms with Crippen LogP contribution in [0, 0.1) is 0 Å². The number of rotatable bonds is 4. The smallest absolute Gasteiger partial charge is 0.250 e. The molecule has 4 N–H and O–H groups in total. The normalized spacial score (nSPS) is 11.9. The number of amides is 2. The molecule has 0 radical (unpaired) electrons. The molecule has 86 valence electrons. The molecule has 16 heavy (non-hydrogen) atoms. The molecule has 0 fully saturated rings. The van der Waals surface area contributed by atoms with Crippen LogP contribution in [0.4, 0.5) is 5.69 Å². The third-order valence-electron chi connectivity index (χ3n) is 2.28. The molecule has 5 heteroatoms. The molecule has 2 amide bonds. The van der Waals surface area contributed by atoms with Crippen molar-refractivity contribution in [3.8, 4) is 0 Å². The van der Waals surface area contributed by atoms with Crippen molar-refractivity contribution in [2.24, 2.45) is 5.73 Å². The number of hydrogen-bond donors (Lipinski definition) is 3. The van der Waals surface area contributed by atoms with Crippen molar-refractivity contribution < 1.29 is 9.59 Å². The molecule has 0 saturated carbocycles. The van der Waals surface area contributed by atoms with Gasteiger partial charge in [-0.3, -0.25) is 9.59 Å². The fourth-order valence-corrected chi connectivity index (χ4v) is 1.18. The number of anilines is 1. The van der Waals surface area contributed by atoms with Gasteiger partial charge < -0.3 is 16.4 Å². The number of nitrogens with one attached hydrogen (secondary N) is 2. The van der Waals surface area contributed by atoms with Crippen molar-refractivity contribution in [1.29, 1.82) is 0 Å². The molecule has 0 heterocycles. The van der Waals surface area contributed by atoms with E-state index in [9.17, 15) is 9.59 Å². The summed E-state index contributed by atoms with van der Waals surface area (Å²) in [6, 6.07) is 6.30. The summed E-state index contributed by atoms with van der Waals surface area (Å²) in [5, 5.41) is 5.45. The Kier molecular flexibility index (Phi) is 4.02. The predicted octanol–water partition coefficient (Wildman–Crippen LogP) is 0.332. The highest BCUT2D eigenvalue weighted by Gasteiger charge is 2.13. The fraction of sp³-hybridized carbons (Fsp3) is 0.273. The number of likely N-dealkylation sites (N-methyl/N-ethyl adjacent to an activating group) is 1. The average molecular weight is 221 g/mol. The molecule has 1 aromatic carbocycles. The lowest BCUT2D eigenvalue weighted by molar-refractivity contribution is -0.117. The average Bonchev–Trinajstić information content (AvgIpc) is 2.28. The maximum atomic E-state index is 11.6. The van der Waals surface area contributed by atoms with E-state index in [-0.39, 0.29) is 11.9 Å². The van der Waals surface area contributed by atoms with Crippen LogP contribution in [0.2, 0.25) is 0 Å². The monoisotopic (exact) mass is 221 g/mol. The van der Waals surface area contributed by atoms with E-state index in [2.05, 4.69) is 10.6 Å². The van der Waals surface area contributed by atoms with Gasteiger partial charge in [-0.05, 0) is 26.1 Å². The van der Waals surface area contributed by atoms with Crippen molar-refractivity contribution in [2.75, 3.05) is 12.4 Å². The molecule has 0 aromatic heterocycles. The Morgan fingerprint density at radius 1 is 1.31 bits per heavy atom. The Morgan fingerprint density at radius 2 is 1.94 bits per heavy atom. The van der Waals surface area contributed by atoms with Crippen LogP contribution >= 0.6 is 0 Å². The number of nitrogens with two attached hydrogens (primary N) is 1. The summed E-state index contributed by atoms with van der Waals surface area (Å²) in [5.74, 6) is -0.774. The number of carbonyl (C=O) groups is 2. The van der Waals surface area contributed by atoms with E-state index < -0.39 is 5.91 Å². The zero-order valence-electron chi connectivity index (χ0n) is 9.28. The van der Waals surface area contributed by atoms with Gasteiger partial charge in [0.15, 0.2) is 0 Å². The van der Waals surface area contributed by atoms with Crippen molar-refractivity contribution in [3.05, 3.63) is 29.8 Å². The zero-order valence-corrected chi connectivity index (χ0v) is 9.28. The lowest BCUT2D eigenvalue weighted by Gasteiger charge is -2.12. The van der Waals surface area contributed by atoms with E-state index in [1.807, 2.05) is 0 Å². The molecule has 1 atom stereocenters. The third-order valence-corrected chi connectivity index (χ3v) is 2.28. The predicted molar refractivity (Wildman–Crippen MR) is 62.1 cm³/mol. The molecular weight excluding hydrogens is 206 g/mol. The van der Waals surface area contributed by atoms with Crippen LogP contribution in [0.5, 0.6) is 0 Å². The molecule has 1 rings (SSSR count). The number of hydrogen-bond acceptors (Lipinski definition) is 3. The Morgan fingerprint density at radius 3 is 2.50 bits per heavy atom. The van der Waals surface area contributed by atoms with E-state index in [1.54, 1.807) is 38.2 Å². The van der Waals surface area contributed by atoms with Gasteiger partial charge in [-0.15, -0.1) is 0 Å². The number of para-hydroxylation sites is 1. The Labute approximate surface area is 94.0 Å². The van der Waals surface area contributed by atoms with Crippen LogP contribution in [0.25, 0.3) is 0 Å². The summed E-state index contributed by atoms with van der Waals surface area (Å²) in [6.07, 6.45) is 0. The molecule has 5 nitrogen and oxygen atoms in total. The van der Waals surface area contributed by atoms with E-state index >= 15 is 0 Å². The second kappa shape index (κ2) is 5.27. The summed E-state index contributed by atoms with van der Waals surface area (Å²) in [6.45, 7) is 1.72. The summed E-state index contributed by atoms with van der Waals surface area (Å²) in [4.78, 5) is 22.7. The van der Waals surface area contributed by atoms with Gasteiger partial charge >= 0.3 is 0 Å². The van der Waals surface area contributed by atoms with Crippen LogP contribution in [0.1, 0.15) is 17.3 Å². The van der Waals surface area contributed by atoms with Gasteiger partial charge in [0.2, 0.25) is 5.91 Å². The van der Waals surface area contributed by atoms with Crippen LogP contribution in [0.15, 0.2) is 24.3 Å². The van der Waals surface area contributed by atoms with Crippen LogP contribution in [-0.2, 0) is 4.79 Å². The maximum absolute atomic E-state index is 11.6. The zero-order chi connectivity index (χ0) is 12.1. The van der Waals surface area contributed by atoms with Gasteiger partial charge in [-0.1, -0.05) is 12.1 Å². The molecule has 0 spiro atoms. The second-order valence-electron chi connectivity index (χ2n) is 3.41. The third kappa shape index (κ3) is 2.80. The minimum Gasteiger partial charge on any atom is -0.366 e. The van der Waals surface area contributed by atoms with Crippen molar-refractivity contribution in [2.45, 2.75) is 13.0 Å². The number of primary amides is 1. The van der Waals surface area contributed by atoms with Gasteiger partial charge in [0, 0.05) is 0 Å². The quantitative estimate of drug-likeness (QED) is 0.685. The molecular formula is C11H15N3O2. The summed E-state index contributed by atoms with van der Waals surface area (Å²) in [5.41, 5.74) is 5.93. The summed E-state index contributed by atoms with van der Waals surface area (Å²) in [7, 11) is 1.68. The van der Waals surface area contributed by atoms with E-state index in [0.29, 0.717) is 11.3 Å². The van der Waals surface area contributed by atoms with Crippen LogP contribution in [-0.4, -0.2) is 24.9 Å². The number of benzene rings is 1. The largest absolute Gasteiger partial charge is 0.366 e. The van der Waals surface area contributed by atoms with E-state index in [4.69, 9.17) is 5.73 Å². The molecule has 1 aromatic rings. The molecule has 0 bridgehead atoms. The molecule has 0 aliphatic carbocycles. The minimum absolute atomic E-state index is 0.212. The molecule has 0 saturated heterocycles. The number of carbonyl (C=O) groups excluding carboxylic acids is 2. The fourth-order valence-electron chi connectivity index (χ4n) is 1.18. The first-order valence-electron chi connectivity index (χ1n) is 4.93. The van der Waals surface area contributed by atoms with Gasteiger partial charge in [0.05, 0.1) is 17.3 Å². The topological polar surface area (TPSA) is 84.2 Å². The van der Waals surface area contributed by atoms with Crippen LogP contribution < -0.4 is 16.4 Å². The van der Waals surface area contributed by atoms with Gasteiger partial charge in [-0.2, -0.15) is 0 Å². The highest BCUT2D eigenvalue weighted by atomic mass is 16.2. The van der Waals surface area contributed by atoms with E-state index in [0.717, 1.165) is 0 Å². The lowest BCUT2D eigenvalue weighted by Crippen LogP contribution is -2.36. The van der Waals surface area contributed by atoms with Crippen molar-refractivity contribution >= 4 is 17.5 Å². The molecule has 1 unspecified atom stereocenters. The standard InChI is InChI=1S/C11H15N3O2/c1-7(13-2)11(16)14-9-6-4-3-5-8(9)10(12)15/h3-7,13H,1-2H3,(H2,12,15)(H,14,16). The van der Waals surface area contributed by atoms with E-state index in [1.165, 1.54) is 0 Å². The van der Waals surface area contributed by atoms with Gasteiger partial charge in [0.25, 0.3) is 5.91 Å². The van der Waals surface area contributed by atoms with Crippen molar-refractivity contribution in [1.82, 2.24) is 5.32 Å². The Hall–Kier alpha value is -1.88. The van der Waals surface area contributed by atoms with Crippen LogP contribution in [0.3, 0.4) is 0 Å². The SMILES string of the molecule is CNC(C)C(=O)Nc1ccccc1C(N)=O. The summed E-state index contributed by atoms with van der Waals surface area (Å²) < 4.78 is 0. The molecule has 0 aliphatic heterocycles. The first-order chi connectivity index (χ1) is 7.56. The first kappa shape index (κ1) is 12.2. The maximum Gasteiger partial charge on any atom is 0.250 e. The first-order valence-corrected chi connectivity index (χ1v) is 4.93. The van der Waals surface area contributed by atoms with Crippen molar-refractivity contribution in [3.63, 3.8) is 0 Å². The molecule has 0 aliphatic rings. The minimum atomic E-state index is -0.562. The lowest BCUT2D eigenvalue weighted by atomic mass is 10.1. The van der Waals surface area contributed by atoms with Gasteiger partial charge in [-0.25, -0.2) is 0 Å². The summed E-state index contributed by atoms with van der Waals surface area (Å²) >= 11 is 0.